The fourth-order valence-corrected chi connectivity index (χ4v) is 4.23. The number of imidazole rings is 1. The first-order valence-corrected chi connectivity index (χ1v) is 11.4. The van der Waals surface area contributed by atoms with Gasteiger partial charge in [0.1, 0.15) is 5.82 Å². The van der Waals surface area contributed by atoms with Gasteiger partial charge in [-0.25, -0.2) is 13.8 Å². The summed E-state index contributed by atoms with van der Waals surface area (Å²) in [5.74, 6) is -0.540. The van der Waals surface area contributed by atoms with Gasteiger partial charge in [-0.05, 0) is 49.4 Å². The maximum absolute atomic E-state index is 14.5. The first-order valence-electron chi connectivity index (χ1n) is 11.4. The molecule has 3 aromatic heterocycles. The number of terminal acetylenes is 1. The smallest absolute Gasteiger partial charge is 0.322 e. The van der Waals surface area contributed by atoms with Gasteiger partial charge in [-0.1, -0.05) is 18.1 Å². The topological polar surface area (TPSA) is 59.3 Å². The maximum atomic E-state index is 14.5. The number of alkyl halides is 3. The molecule has 2 aromatic carbocycles. The number of benzene rings is 2. The standard InChI is InChI=1S/C29H17F5N4O/c1-3-17-9-10-19(13-23(17)29(32,33)34)37-28(39)22-12-18(14-35-16(22)2)20-7-5-11-38-25(20)15-36-27(38)21-6-4-8-24(30)26(21)31/h1,4-15H,2H3,(H,37,39). The SMILES string of the molecule is C#Cc1ccc(NC(=O)c2cc(-c3cccn4c(-c5cccc(F)c5F)ncc34)cnc2C)cc1C(F)(F)F. The molecule has 0 fully saturated rings. The molecule has 0 saturated carbocycles. The number of aromatic nitrogens is 3. The minimum absolute atomic E-state index is 0.0247. The molecule has 0 aliphatic heterocycles. The number of hydrogen-bond donors (Lipinski definition) is 1. The van der Waals surface area contributed by atoms with Crippen LogP contribution in [0, 0.1) is 30.9 Å². The van der Waals surface area contributed by atoms with Crippen LogP contribution in [-0.4, -0.2) is 20.3 Å². The van der Waals surface area contributed by atoms with Crippen molar-refractivity contribution in [1.29, 1.82) is 0 Å². The largest absolute Gasteiger partial charge is 0.417 e. The Bertz CT molecular complexity index is 1800. The van der Waals surface area contributed by atoms with Crippen LogP contribution in [0.4, 0.5) is 27.6 Å². The lowest BCUT2D eigenvalue weighted by atomic mass is 10.0. The van der Waals surface area contributed by atoms with E-state index in [2.05, 4.69) is 15.3 Å². The predicted molar refractivity (Wildman–Crippen MR) is 136 cm³/mol. The number of nitrogens with one attached hydrogen (secondary N) is 1. The molecule has 194 valence electrons. The molecule has 10 heteroatoms. The number of rotatable bonds is 4. The molecular weight excluding hydrogens is 515 g/mol. The van der Waals surface area contributed by atoms with Gasteiger partial charge in [0.05, 0.1) is 34.1 Å². The molecule has 0 atom stereocenters. The van der Waals surface area contributed by atoms with E-state index in [1.165, 1.54) is 30.6 Å². The maximum Gasteiger partial charge on any atom is 0.417 e. The summed E-state index contributed by atoms with van der Waals surface area (Å²) < 4.78 is 70.1. The average Bonchev–Trinajstić information content (AvgIpc) is 3.34. The van der Waals surface area contributed by atoms with E-state index >= 15 is 0 Å². The van der Waals surface area contributed by atoms with E-state index in [1.807, 2.05) is 5.92 Å². The molecule has 5 nitrogen and oxygen atoms in total. The molecule has 0 radical (unpaired) electrons. The Labute approximate surface area is 219 Å². The van der Waals surface area contributed by atoms with Crippen LogP contribution in [0.5, 0.6) is 0 Å². The van der Waals surface area contributed by atoms with Crippen molar-refractivity contribution >= 4 is 17.1 Å². The second kappa shape index (κ2) is 9.68. The Morgan fingerprint density at radius 3 is 2.51 bits per heavy atom. The monoisotopic (exact) mass is 532 g/mol. The first kappa shape index (κ1) is 25.6. The molecule has 0 aliphatic carbocycles. The van der Waals surface area contributed by atoms with Crippen LogP contribution < -0.4 is 5.32 Å². The van der Waals surface area contributed by atoms with Crippen molar-refractivity contribution in [3.05, 3.63) is 107 Å². The van der Waals surface area contributed by atoms with E-state index in [0.29, 0.717) is 22.3 Å². The van der Waals surface area contributed by atoms with Crippen molar-refractivity contribution in [1.82, 2.24) is 14.4 Å². The second-order valence-electron chi connectivity index (χ2n) is 8.57. The molecule has 0 spiro atoms. The van der Waals surface area contributed by atoms with Crippen molar-refractivity contribution in [3.8, 4) is 34.9 Å². The first-order chi connectivity index (χ1) is 18.6. The fourth-order valence-electron chi connectivity index (χ4n) is 4.23. The van der Waals surface area contributed by atoms with Crippen LogP contribution in [0.15, 0.2) is 73.2 Å². The Hall–Kier alpha value is -5.04. The van der Waals surface area contributed by atoms with Crippen molar-refractivity contribution in [2.24, 2.45) is 0 Å². The number of halogens is 5. The number of carbonyl (C=O) groups is 1. The third kappa shape index (κ3) is 4.70. The van der Waals surface area contributed by atoms with E-state index in [4.69, 9.17) is 6.42 Å². The quantitative estimate of drug-likeness (QED) is 0.202. The summed E-state index contributed by atoms with van der Waals surface area (Å²) in [6, 6.07) is 11.9. The zero-order chi connectivity index (χ0) is 27.9. The molecule has 0 bridgehead atoms. The van der Waals surface area contributed by atoms with E-state index in [-0.39, 0.29) is 28.2 Å². The highest BCUT2D eigenvalue weighted by molar-refractivity contribution is 6.06. The Morgan fingerprint density at radius 1 is 1.00 bits per heavy atom. The van der Waals surface area contributed by atoms with Crippen LogP contribution >= 0.6 is 0 Å². The number of amides is 1. The van der Waals surface area contributed by atoms with Gasteiger partial charge in [-0.2, -0.15) is 13.2 Å². The van der Waals surface area contributed by atoms with Gasteiger partial charge in [0, 0.05) is 34.8 Å². The van der Waals surface area contributed by atoms with Crippen LogP contribution in [0.3, 0.4) is 0 Å². The van der Waals surface area contributed by atoms with E-state index in [9.17, 15) is 26.7 Å². The van der Waals surface area contributed by atoms with Crippen LogP contribution in [0.2, 0.25) is 0 Å². The number of anilines is 1. The lowest BCUT2D eigenvalue weighted by Crippen LogP contribution is -2.16. The lowest BCUT2D eigenvalue weighted by Gasteiger charge is -2.13. The summed E-state index contributed by atoms with van der Waals surface area (Å²) >= 11 is 0. The molecule has 5 rings (SSSR count). The zero-order valence-corrected chi connectivity index (χ0v) is 20.1. The number of aryl methyl sites for hydroxylation is 1. The zero-order valence-electron chi connectivity index (χ0n) is 20.1. The Balaban J connectivity index is 1.52. The molecule has 1 amide bonds. The average molecular weight is 532 g/mol. The third-order valence-corrected chi connectivity index (χ3v) is 6.14. The molecule has 0 saturated heterocycles. The van der Waals surface area contributed by atoms with Crippen LogP contribution in [0.25, 0.3) is 28.0 Å². The van der Waals surface area contributed by atoms with Crippen LogP contribution in [0.1, 0.15) is 27.2 Å². The molecule has 5 aromatic rings. The highest BCUT2D eigenvalue weighted by Gasteiger charge is 2.33. The minimum Gasteiger partial charge on any atom is -0.322 e. The highest BCUT2D eigenvalue weighted by Crippen LogP contribution is 2.34. The van der Waals surface area contributed by atoms with E-state index in [1.54, 1.807) is 35.7 Å². The summed E-state index contributed by atoms with van der Waals surface area (Å²) in [5.41, 5.74) is 0.604. The van der Waals surface area contributed by atoms with Crippen molar-refractivity contribution in [2.45, 2.75) is 13.1 Å². The Morgan fingerprint density at radius 2 is 1.77 bits per heavy atom. The normalized spacial score (nSPS) is 11.4. The van der Waals surface area contributed by atoms with Crippen molar-refractivity contribution in [2.75, 3.05) is 5.32 Å². The van der Waals surface area contributed by atoms with Gasteiger partial charge in [0.2, 0.25) is 0 Å². The van der Waals surface area contributed by atoms with Crippen molar-refractivity contribution in [3.63, 3.8) is 0 Å². The number of pyridine rings is 2. The van der Waals surface area contributed by atoms with E-state index < -0.39 is 29.3 Å². The summed E-state index contributed by atoms with van der Waals surface area (Å²) in [5, 5.41) is 2.47. The molecule has 1 N–H and O–H groups in total. The number of nitrogens with zero attached hydrogens (tertiary/aromatic N) is 3. The summed E-state index contributed by atoms with van der Waals surface area (Å²) in [6.07, 6.45) is 5.14. The van der Waals surface area contributed by atoms with Crippen molar-refractivity contribution < 1.29 is 26.7 Å². The molecule has 39 heavy (non-hydrogen) atoms. The molecule has 3 heterocycles. The molecule has 0 aliphatic rings. The lowest BCUT2D eigenvalue weighted by molar-refractivity contribution is -0.137. The van der Waals surface area contributed by atoms with Gasteiger partial charge in [0.25, 0.3) is 5.91 Å². The third-order valence-electron chi connectivity index (χ3n) is 6.14. The summed E-state index contributed by atoms with van der Waals surface area (Å²) in [6.45, 7) is 1.59. The van der Waals surface area contributed by atoms with Gasteiger partial charge in [-0.3, -0.25) is 14.2 Å². The fraction of sp³-hybridized carbons (Fsp3) is 0.0690. The second-order valence-corrected chi connectivity index (χ2v) is 8.57. The van der Waals surface area contributed by atoms with Gasteiger partial charge >= 0.3 is 6.18 Å². The summed E-state index contributed by atoms with van der Waals surface area (Å²) in [4.78, 5) is 21.7. The molecular formula is C29H17F5N4O. The molecule has 0 unspecified atom stereocenters. The summed E-state index contributed by atoms with van der Waals surface area (Å²) in [7, 11) is 0. The number of carbonyl (C=O) groups excluding carboxylic acids is 1. The van der Waals surface area contributed by atoms with Gasteiger partial charge in [-0.15, -0.1) is 6.42 Å². The Kier molecular flexibility index (Phi) is 6.36. The van der Waals surface area contributed by atoms with Crippen LogP contribution in [-0.2, 0) is 6.18 Å². The van der Waals surface area contributed by atoms with Gasteiger partial charge in [0.15, 0.2) is 11.6 Å². The minimum atomic E-state index is -4.70. The predicted octanol–water partition coefficient (Wildman–Crippen LogP) is 6.90. The number of hydrogen-bond acceptors (Lipinski definition) is 3. The van der Waals surface area contributed by atoms with E-state index in [0.717, 1.165) is 18.2 Å². The van der Waals surface area contributed by atoms with Gasteiger partial charge < -0.3 is 5.32 Å². The highest BCUT2D eigenvalue weighted by atomic mass is 19.4. The number of fused-ring (bicyclic) bond motifs is 1.